The normalized spacial score (nSPS) is 24.1. The van der Waals surface area contributed by atoms with Crippen LogP contribution in [0.25, 0.3) is 0 Å². The Balaban J connectivity index is 2.08. The highest BCUT2D eigenvalue weighted by Gasteiger charge is 2.19. The molecule has 4 heteroatoms. The van der Waals surface area contributed by atoms with Crippen LogP contribution in [-0.2, 0) is 10.8 Å². The van der Waals surface area contributed by atoms with E-state index in [-0.39, 0.29) is 6.23 Å². The number of hydrogen-bond acceptors (Lipinski definition) is 3. The maximum Gasteiger partial charge on any atom is 0.107 e. The van der Waals surface area contributed by atoms with Gasteiger partial charge >= 0.3 is 0 Å². The molecule has 1 saturated heterocycles. The number of piperidine rings is 1. The van der Waals surface area contributed by atoms with Crippen molar-refractivity contribution in [1.82, 2.24) is 4.90 Å². The van der Waals surface area contributed by atoms with Crippen LogP contribution in [0.5, 0.6) is 0 Å². The van der Waals surface area contributed by atoms with Crippen molar-refractivity contribution in [2.24, 2.45) is 5.92 Å². The quantitative estimate of drug-likeness (QED) is 0.762. The van der Waals surface area contributed by atoms with Crippen molar-refractivity contribution < 1.29 is 9.32 Å². The zero-order valence-electron chi connectivity index (χ0n) is 11.2. The van der Waals surface area contributed by atoms with Gasteiger partial charge in [-0.15, -0.1) is 0 Å². The molecule has 2 unspecified atom stereocenters. The number of aliphatic hydroxyl groups excluding tert-OH is 1. The van der Waals surface area contributed by atoms with Crippen molar-refractivity contribution in [3.8, 4) is 0 Å². The van der Waals surface area contributed by atoms with E-state index < -0.39 is 10.8 Å². The number of likely N-dealkylation sites (tertiary alicyclic amines) is 1. The molecular formula is C13H27NO2S. The Morgan fingerprint density at radius 3 is 2.76 bits per heavy atom. The SMILES string of the molecule is CC(C)CCS(=O)CCCN1CCCCC1O. The van der Waals surface area contributed by atoms with Crippen molar-refractivity contribution >= 4 is 10.8 Å². The summed E-state index contributed by atoms with van der Waals surface area (Å²) in [5.41, 5.74) is 0. The topological polar surface area (TPSA) is 40.5 Å². The first-order valence-electron chi connectivity index (χ1n) is 6.86. The van der Waals surface area contributed by atoms with Gasteiger partial charge in [-0.1, -0.05) is 13.8 Å². The van der Waals surface area contributed by atoms with Crippen LogP contribution < -0.4 is 0 Å². The molecule has 102 valence electrons. The Hall–Kier alpha value is 0.0700. The zero-order valence-corrected chi connectivity index (χ0v) is 12.0. The van der Waals surface area contributed by atoms with Crippen molar-refractivity contribution in [2.75, 3.05) is 24.6 Å². The van der Waals surface area contributed by atoms with Crippen LogP contribution in [0.3, 0.4) is 0 Å². The predicted octanol–water partition coefficient (Wildman–Crippen LogP) is 1.98. The molecule has 1 aliphatic rings. The Bertz CT molecular complexity index is 233. The highest BCUT2D eigenvalue weighted by atomic mass is 32.2. The first kappa shape index (κ1) is 15.1. The maximum atomic E-state index is 11.7. The van der Waals surface area contributed by atoms with E-state index in [1.165, 1.54) is 6.42 Å². The molecule has 1 aliphatic heterocycles. The molecule has 2 atom stereocenters. The molecule has 3 nitrogen and oxygen atoms in total. The summed E-state index contributed by atoms with van der Waals surface area (Å²) in [6, 6.07) is 0. The number of rotatable bonds is 7. The molecule has 0 spiro atoms. The van der Waals surface area contributed by atoms with Crippen LogP contribution in [0.15, 0.2) is 0 Å². The molecule has 1 N–H and O–H groups in total. The van der Waals surface area contributed by atoms with Crippen LogP contribution in [-0.4, -0.2) is 45.0 Å². The monoisotopic (exact) mass is 261 g/mol. The lowest BCUT2D eigenvalue weighted by Crippen LogP contribution is -2.40. The lowest BCUT2D eigenvalue weighted by molar-refractivity contribution is -0.0231. The molecule has 1 fully saturated rings. The third-order valence-electron chi connectivity index (χ3n) is 3.32. The summed E-state index contributed by atoms with van der Waals surface area (Å²) in [7, 11) is -0.664. The van der Waals surface area contributed by atoms with Gasteiger partial charge in [0.05, 0.1) is 0 Å². The fourth-order valence-corrected chi connectivity index (χ4v) is 3.52. The lowest BCUT2D eigenvalue weighted by Gasteiger charge is -2.31. The van der Waals surface area contributed by atoms with E-state index in [9.17, 15) is 9.32 Å². The number of hydrogen-bond donors (Lipinski definition) is 1. The van der Waals surface area contributed by atoms with Crippen LogP contribution in [0.2, 0.25) is 0 Å². The van der Waals surface area contributed by atoms with Gasteiger partial charge in [0.1, 0.15) is 6.23 Å². The molecule has 0 amide bonds. The van der Waals surface area contributed by atoms with E-state index in [0.29, 0.717) is 5.92 Å². The summed E-state index contributed by atoms with van der Waals surface area (Å²) in [6.07, 6.45) is 4.97. The van der Waals surface area contributed by atoms with Gasteiger partial charge in [-0.2, -0.15) is 0 Å². The summed E-state index contributed by atoms with van der Waals surface area (Å²) in [6.45, 7) is 6.23. The summed E-state index contributed by atoms with van der Waals surface area (Å²) in [5, 5.41) is 9.76. The molecule has 0 bridgehead atoms. The predicted molar refractivity (Wildman–Crippen MR) is 73.4 cm³/mol. The van der Waals surface area contributed by atoms with Crippen molar-refractivity contribution in [3.63, 3.8) is 0 Å². The second-order valence-electron chi connectivity index (χ2n) is 5.40. The van der Waals surface area contributed by atoms with Gasteiger partial charge in [0.15, 0.2) is 0 Å². The molecular weight excluding hydrogens is 234 g/mol. The number of aliphatic hydroxyl groups is 1. The fraction of sp³-hybridized carbons (Fsp3) is 1.00. The van der Waals surface area contributed by atoms with E-state index >= 15 is 0 Å². The van der Waals surface area contributed by atoms with Crippen LogP contribution >= 0.6 is 0 Å². The fourth-order valence-electron chi connectivity index (χ4n) is 2.13. The summed E-state index contributed by atoms with van der Waals surface area (Å²) in [5.74, 6) is 2.26. The maximum absolute atomic E-state index is 11.7. The minimum atomic E-state index is -0.664. The second-order valence-corrected chi connectivity index (χ2v) is 7.09. The minimum Gasteiger partial charge on any atom is -0.378 e. The largest absolute Gasteiger partial charge is 0.378 e. The molecule has 17 heavy (non-hydrogen) atoms. The standard InChI is InChI=1S/C13H27NO2S/c1-12(2)7-11-17(16)10-5-9-14-8-4-3-6-13(14)15/h12-13,15H,3-11H2,1-2H3. The van der Waals surface area contributed by atoms with E-state index in [0.717, 1.165) is 50.3 Å². The van der Waals surface area contributed by atoms with Gasteiger partial charge in [0.2, 0.25) is 0 Å². The van der Waals surface area contributed by atoms with Crippen molar-refractivity contribution in [3.05, 3.63) is 0 Å². The van der Waals surface area contributed by atoms with Crippen LogP contribution in [0, 0.1) is 5.92 Å². The van der Waals surface area contributed by atoms with Gasteiger partial charge in [-0.05, 0) is 38.0 Å². The highest BCUT2D eigenvalue weighted by Crippen LogP contribution is 2.14. The first-order valence-corrected chi connectivity index (χ1v) is 8.35. The Labute approximate surface area is 108 Å². The third-order valence-corrected chi connectivity index (χ3v) is 4.75. The van der Waals surface area contributed by atoms with Crippen LogP contribution in [0.4, 0.5) is 0 Å². The first-order chi connectivity index (χ1) is 8.09. The van der Waals surface area contributed by atoms with E-state index in [2.05, 4.69) is 18.7 Å². The molecule has 0 radical (unpaired) electrons. The summed E-state index contributed by atoms with van der Waals surface area (Å²) < 4.78 is 11.7. The van der Waals surface area contributed by atoms with Gasteiger partial charge in [0, 0.05) is 35.4 Å². The van der Waals surface area contributed by atoms with E-state index in [1.807, 2.05) is 0 Å². The summed E-state index contributed by atoms with van der Waals surface area (Å²) >= 11 is 0. The molecule has 0 aliphatic carbocycles. The molecule has 0 aromatic heterocycles. The average Bonchev–Trinajstić information content (AvgIpc) is 2.29. The molecule has 0 aromatic rings. The van der Waals surface area contributed by atoms with Crippen molar-refractivity contribution in [2.45, 2.75) is 52.2 Å². The second kappa shape index (κ2) is 8.22. The molecule has 0 aromatic carbocycles. The van der Waals surface area contributed by atoms with Gasteiger partial charge < -0.3 is 5.11 Å². The van der Waals surface area contributed by atoms with Gasteiger partial charge in [0.25, 0.3) is 0 Å². The Kier molecular flexibility index (Phi) is 7.32. The van der Waals surface area contributed by atoms with Gasteiger partial charge in [-0.3, -0.25) is 9.11 Å². The Morgan fingerprint density at radius 2 is 2.12 bits per heavy atom. The molecule has 1 heterocycles. The Morgan fingerprint density at radius 1 is 1.35 bits per heavy atom. The number of nitrogens with zero attached hydrogens (tertiary/aromatic N) is 1. The van der Waals surface area contributed by atoms with Crippen LogP contribution in [0.1, 0.15) is 46.0 Å². The van der Waals surface area contributed by atoms with Crippen molar-refractivity contribution in [1.29, 1.82) is 0 Å². The minimum absolute atomic E-state index is 0.257. The highest BCUT2D eigenvalue weighted by molar-refractivity contribution is 7.84. The summed E-state index contributed by atoms with van der Waals surface area (Å²) in [4.78, 5) is 2.13. The lowest BCUT2D eigenvalue weighted by atomic mass is 10.1. The average molecular weight is 261 g/mol. The molecule has 0 saturated carbocycles. The van der Waals surface area contributed by atoms with E-state index in [4.69, 9.17) is 0 Å². The smallest absolute Gasteiger partial charge is 0.107 e. The van der Waals surface area contributed by atoms with E-state index in [1.54, 1.807) is 0 Å². The van der Waals surface area contributed by atoms with Gasteiger partial charge in [-0.25, -0.2) is 0 Å². The third kappa shape index (κ3) is 6.53. The zero-order chi connectivity index (χ0) is 12.7. The molecule has 1 rings (SSSR count).